The minimum atomic E-state index is -1.61. The maximum Gasteiger partial charge on any atom is 0.191 e. The fraction of sp³-hybridized carbons (Fsp3) is 0.458. The third kappa shape index (κ3) is 3.38. The van der Waals surface area contributed by atoms with Crippen LogP contribution in [-0.4, -0.2) is 13.2 Å². The second-order valence-electron chi connectivity index (χ2n) is 7.59. The number of nitrogens with zero attached hydrogens (tertiary/aromatic N) is 3. The second kappa shape index (κ2) is 8.93. The van der Waals surface area contributed by atoms with Crippen LogP contribution in [0.3, 0.4) is 0 Å². The third-order valence-corrected chi connectivity index (χ3v) is 5.89. The van der Waals surface area contributed by atoms with Crippen LogP contribution in [0, 0.1) is 45.3 Å². The summed E-state index contributed by atoms with van der Waals surface area (Å²) in [6, 6.07) is 12.1. The van der Waals surface area contributed by atoms with Crippen LogP contribution < -0.4 is 15.2 Å². The Morgan fingerprint density at radius 3 is 2.53 bits per heavy atom. The van der Waals surface area contributed by atoms with Crippen LogP contribution >= 0.6 is 0 Å². The van der Waals surface area contributed by atoms with Gasteiger partial charge in [-0.05, 0) is 61.8 Å². The number of ether oxygens (including phenoxy) is 2. The summed E-state index contributed by atoms with van der Waals surface area (Å²) in [5.41, 5.74) is 6.71. The van der Waals surface area contributed by atoms with Gasteiger partial charge in [0.15, 0.2) is 16.9 Å². The van der Waals surface area contributed by atoms with Gasteiger partial charge in [-0.1, -0.05) is 19.1 Å². The van der Waals surface area contributed by atoms with Gasteiger partial charge in [0.1, 0.15) is 6.07 Å². The summed E-state index contributed by atoms with van der Waals surface area (Å²) in [5, 5.41) is 30.0. The summed E-state index contributed by atoms with van der Waals surface area (Å²) in [6.07, 6.45) is 5.49. The second-order valence-corrected chi connectivity index (χ2v) is 7.59. The lowest BCUT2D eigenvalue weighted by Crippen LogP contribution is -2.42. The summed E-state index contributed by atoms with van der Waals surface area (Å²) in [4.78, 5) is 0. The van der Waals surface area contributed by atoms with E-state index in [1.807, 2.05) is 38.1 Å². The topological polar surface area (TPSA) is 116 Å². The van der Waals surface area contributed by atoms with Gasteiger partial charge in [0.05, 0.1) is 36.6 Å². The zero-order chi connectivity index (χ0) is 21.7. The molecule has 154 valence electrons. The first-order chi connectivity index (χ1) is 14.6. The Bertz CT molecular complexity index is 990. The van der Waals surface area contributed by atoms with E-state index < -0.39 is 11.3 Å². The van der Waals surface area contributed by atoms with Crippen LogP contribution in [0.5, 0.6) is 11.5 Å². The molecular weight excluding hydrogens is 376 g/mol. The molecule has 6 nitrogen and oxygen atoms in total. The molecule has 2 atom stereocenters. The van der Waals surface area contributed by atoms with E-state index in [1.165, 1.54) is 0 Å². The molecular formula is C24H26N4O2. The van der Waals surface area contributed by atoms with Crippen molar-refractivity contribution >= 4 is 0 Å². The number of nitriles is 3. The molecule has 0 aliphatic heterocycles. The summed E-state index contributed by atoms with van der Waals surface area (Å²) >= 11 is 0. The van der Waals surface area contributed by atoms with E-state index in [-0.39, 0.29) is 17.2 Å². The van der Waals surface area contributed by atoms with Gasteiger partial charge >= 0.3 is 0 Å². The van der Waals surface area contributed by atoms with Crippen LogP contribution in [0.1, 0.15) is 51.0 Å². The summed E-state index contributed by atoms with van der Waals surface area (Å²) in [6.45, 7) is 4.96. The van der Waals surface area contributed by atoms with Crippen LogP contribution in [0.25, 0.3) is 0 Å². The molecule has 0 heterocycles. The number of hydrogen-bond donors (Lipinski definition) is 1. The summed E-state index contributed by atoms with van der Waals surface area (Å²) in [5.74, 6) is 0.606. The van der Waals surface area contributed by atoms with Crippen LogP contribution in [-0.2, 0) is 0 Å². The van der Waals surface area contributed by atoms with E-state index in [2.05, 4.69) is 18.2 Å². The van der Waals surface area contributed by atoms with Gasteiger partial charge < -0.3 is 15.2 Å². The molecule has 0 amide bonds. The number of nitrogens with two attached hydrogens (primary N) is 1. The first-order valence-corrected chi connectivity index (χ1v) is 10.4. The first kappa shape index (κ1) is 21.3. The van der Waals surface area contributed by atoms with Crippen LogP contribution in [0.2, 0.25) is 0 Å². The third-order valence-electron chi connectivity index (χ3n) is 5.89. The van der Waals surface area contributed by atoms with E-state index in [0.29, 0.717) is 24.7 Å². The van der Waals surface area contributed by atoms with Gasteiger partial charge in [0.2, 0.25) is 0 Å². The standard InChI is InChI=1S/C24H26N4O2/c1-3-11-30-20-10-9-16(12-21(20)29-4-2)22-18-8-6-5-7-17(18)19(13-25)23(28)24(22,14-26)15-27/h7,9-10,12,18,22H,3-6,8,11,28H2,1-2H3. The lowest BCUT2D eigenvalue weighted by molar-refractivity contribution is 0.274. The minimum Gasteiger partial charge on any atom is -0.490 e. The average molecular weight is 402 g/mol. The first-order valence-electron chi connectivity index (χ1n) is 10.4. The SMILES string of the molecule is CCCOc1ccc(C2C3CCCC=C3C(C#N)=C(N)C2(C#N)C#N)cc1OCC. The highest BCUT2D eigenvalue weighted by atomic mass is 16.5. The van der Waals surface area contributed by atoms with Gasteiger partial charge in [-0.15, -0.1) is 0 Å². The predicted octanol–water partition coefficient (Wildman–Crippen LogP) is 4.47. The van der Waals surface area contributed by atoms with E-state index in [0.717, 1.165) is 36.8 Å². The monoisotopic (exact) mass is 402 g/mol. The quantitative estimate of drug-likeness (QED) is 0.750. The maximum atomic E-state index is 10.1. The Hall–Kier alpha value is -3.43. The van der Waals surface area contributed by atoms with Crippen molar-refractivity contribution in [2.75, 3.05) is 13.2 Å². The van der Waals surface area contributed by atoms with Crippen molar-refractivity contribution in [3.8, 4) is 29.7 Å². The van der Waals surface area contributed by atoms with Crippen molar-refractivity contribution in [1.29, 1.82) is 15.8 Å². The predicted molar refractivity (Wildman–Crippen MR) is 112 cm³/mol. The molecule has 0 radical (unpaired) electrons. The Kier molecular flexibility index (Phi) is 6.34. The van der Waals surface area contributed by atoms with Crippen molar-refractivity contribution in [2.24, 2.45) is 17.1 Å². The molecule has 0 saturated heterocycles. The molecule has 30 heavy (non-hydrogen) atoms. The Morgan fingerprint density at radius 1 is 1.13 bits per heavy atom. The molecule has 0 spiro atoms. The molecule has 2 aliphatic carbocycles. The Balaban J connectivity index is 2.21. The summed E-state index contributed by atoms with van der Waals surface area (Å²) < 4.78 is 11.6. The lowest BCUT2D eigenvalue weighted by Gasteiger charge is -2.43. The number of fused-ring (bicyclic) bond motifs is 1. The van der Waals surface area contributed by atoms with Crippen molar-refractivity contribution in [2.45, 2.75) is 45.4 Å². The van der Waals surface area contributed by atoms with E-state index in [4.69, 9.17) is 15.2 Å². The van der Waals surface area contributed by atoms with Crippen molar-refractivity contribution in [1.82, 2.24) is 0 Å². The Labute approximate surface area is 177 Å². The molecule has 0 saturated carbocycles. The number of hydrogen-bond acceptors (Lipinski definition) is 6. The molecule has 3 rings (SSSR count). The van der Waals surface area contributed by atoms with Gasteiger partial charge in [-0.25, -0.2) is 0 Å². The largest absolute Gasteiger partial charge is 0.490 e. The highest BCUT2D eigenvalue weighted by molar-refractivity contribution is 5.60. The highest BCUT2D eigenvalue weighted by Crippen LogP contribution is 2.56. The van der Waals surface area contributed by atoms with E-state index in [9.17, 15) is 15.8 Å². The van der Waals surface area contributed by atoms with Gasteiger partial charge in [0.25, 0.3) is 0 Å². The number of benzene rings is 1. The van der Waals surface area contributed by atoms with Gasteiger partial charge in [0, 0.05) is 5.92 Å². The molecule has 2 N–H and O–H groups in total. The molecule has 0 aromatic heterocycles. The molecule has 2 unspecified atom stereocenters. The molecule has 1 aromatic rings. The summed E-state index contributed by atoms with van der Waals surface area (Å²) in [7, 11) is 0. The fourth-order valence-corrected chi connectivity index (χ4v) is 4.57. The molecule has 0 fully saturated rings. The Morgan fingerprint density at radius 2 is 1.90 bits per heavy atom. The van der Waals surface area contributed by atoms with E-state index in [1.54, 1.807) is 0 Å². The minimum absolute atomic E-state index is 0.0497. The average Bonchev–Trinajstić information content (AvgIpc) is 2.78. The number of rotatable bonds is 6. The zero-order valence-electron chi connectivity index (χ0n) is 17.4. The van der Waals surface area contributed by atoms with Crippen LogP contribution in [0.4, 0.5) is 0 Å². The van der Waals surface area contributed by atoms with Crippen molar-refractivity contribution in [3.63, 3.8) is 0 Å². The van der Waals surface area contributed by atoms with Gasteiger partial charge in [-0.2, -0.15) is 15.8 Å². The van der Waals surface area contributed by atoms with Crippen molar-refractivity contribution in [3.05, 3.63) is 46.7 Å². The van der Waals surface area contributed by atoms with Crippen molar-refractivity contribution < 1.29 is 9.47 Å². The molecule has 0 bridgehead atoms. The lowest BCUT2D eigenvalue weighted by atomic mass is 9.57. The van der Waals surface area contributed by atoms with Gasteiger partial charge in [-0.3, -0.25) is 0 Å². The zero-order valence-corrected chi connectivity index (χ0v) is 17.4. The highest BCUT2D eigenvalue weighted by Gasteiger charge is 2.53. The normalized spacial score (nSPS) is 22.0. The molecule has 6 heteroatoms. The number of allylic oxidation sites excluding steroid dienone is 4. The van der Waals surface area contributed by atoms with E-state index >= 15 is 0 Å². The molecule has 2 aliphatic rings. The molecule has 1 aromatic carbocycles. The smallest absolute Gasteiger partial charge is 0.191 e. The van der Waals surface area contributed by atoms with Crippen LogP contribution in [0.15, 0.2) is 41.1 Å². The fourth-order valence-electron chi connectivity index (χ4n) is 4.57. The maximum absolute atomic E-state index is 10.1.